The Bertz CT molecular complexity index is 822. The van der Waals surface area contributed by atoms with Crippen LogP contribution in [0.3, 0.4) is 0 Å². The van der Waals surface area contributed by atoms with Crippen molar-refractivity contribution >= 4 is 22.8 Å². The normalized spacial score (nSPS) is 19.2. The molecule has 0 aliphatic heterocycles. The fourth-order valence-corrected chi connectivity index (χ4v) is 4.01. The largest absolute Gasteiger partial charge is 0.0801 e. The summed E-state index contributed by atoms with van der Waals surface area (Å²) in [6, 6.07) is 4.67. The van der Waals surface area contributed by atoms with Crippen LogP contribution in [0.4, 0.5) is 0 Å². The first-order valence-electron chi connectivity index (χ1n) is 8.16. The fraction of sp³-hybridized carbons (Fsp3) is 0.333. The van der Waals surface area contributed by atoms with Crippen LogP contribution in [0.25, 0.3) is 22.8 Å². The van der Waals surface area contributed by atoms with Gasteiger partial charge in [0.2, 0.25) is 0 Å². The average molecular weight is 274 g/mol. The number of benzene rings is 1. The van der Waals surface area contributed by atoms with E-state index in [1.807, 2.05) is 0 Å². The Hall–Kier alpha value is -1.82. The third-order valence-electron chi connectivity index (χ3n) is 5.01. The predicted molar refractivity (Wildman–Crippen MR) is 92.0 cm³/mol. The van der Waals surface area contributed by atoms with Gasteiger partial charge in [-0.25, -0.2) is 0 Å². The highest BCUT2D eigenvalue weighted by Gasteiger charge is 2.23. The molecule has 0 aromatic heterocycles. The van der Waals surface area contributed by atoms with Crippen molar-refractivity contribution < 1.29 is 0 Å². The van der Waals surface area contributed by atoms with Crippen molar-refractivity contribution in [3.8, 4) is 0 Å². The van der Waals surface area contributed by atoms with Crippen molar-refractivity contribution in [3.05, 3.63) is 57.5 Å². The molecule has 0 N–H and O–H groups in total. The molecule has 0 amide bonds. The number of allylic oxidation sites excluding steroid dienone is 6. The summed E-state index contributed by atoms with van der Waals surface area (Å²) in [5.74, 6) is 0. The Labute approximate surface area is 126 Å². The summed E-state index contributed by atoms with van der Waals surface area (Å²) in [5.41, 5.74) is 9.23. The molecule has 0 unspecified atom stereocenters. The third kappa shape index (κ3) is 1.97. The Balaban J connectivity index is 2.06. The van der Waals surface area contributed by atoms with Gasteiger partial charge in [-0.05, 0) is 84.2 Å². The van der Waals surface area contributed by atoms with Gasteiger partial charge in [-0.1, -0.05) is 42.0 Å². The van der Waals surface area contributed by atoms with Gasteiger partial charge in [-0.2, -0.15) is 0 Å². The summed E-state index contributed by atoms with van der Waals surface area (Å²) in [6.45, 7) is 4.48. The molecule has 0 atom stereocenters. The smallest absolute Gasteiger partial charge is 0.00676 e. The van der Waals surface area contributed by atoms with Crippen LogP contribution in [-0.2, 0) is 0 Å². The van der Waals surface area contributed by atoms with Gasteiger partial charge in [-0.3, -0.25) is 0 Å². The first kappa shape index (κ1) is 12.9. The average Bonchev–Trinajstić information content (AvgIpc) is 3.13. The molecule has 0 radical (unpaired) electrons. The van der Waals surface area contributed by atoms with Crippen molar-refractivity contribution in [2.24, 2.45) is 0 Å². The summed E-state index contributed by atoms with van der Waals surface area (Å²) < 4.78 is 0. The zero-order chi connectivity index (χ0) is 14.4. The van der Waals surface area contributed by atoms with Crippen LogP contribution in [0, 0.1) is 0 Å². The van der Waals surface area contributed by atoms with E-state index in [0.717, 1.165) is 6.42 Å². The van der Waals surface area contributed by atoms with Crippen LogP contribution in [-0.4, -0.2) is 0 Å². The highest BCUT2D eigenvalue weighted by atomic mass is 14.3. The Morgan fingerprint density at radius 2 is 1.86 bits per heavy atom. The first-order valence-corrected chi connectivity index (χ1v) is 8.16. The molecule has 106 valence electrons. The SMILES string of the molecule is CC(C)=c1ccc2c(c1C1=CC=CC1)C1=C(C=2)CCCC1. The van der Waals surface area contributed by atoms with Crippen molar-refractivity contribution in [3.63, 3.8) is 0 Å². The van der Waals surface area contributed by atoms with E-state index < -0.39 is 0 Å². The van der Waals surface area contributed by atoms with Gasteiger partial charge in [0.25, 0.3) is 0 Å². The monoisotopic (exact) mass is 274 g/mol. The highest BCUT2D eigenvalue weighted by molar-refractivity contribution is 5.91. The first-order chi connectivity index (χ1) is 10.3. The third-order valence-corrected chi connectivity index (χ3v) is 5.01. The second kappa shape index (κ2) is 4.87. The van der Waals surface area contributed by atoms with Crippen molar-refractivity contribution in [2.45, 2.75) is 46.0 Å². The maximum absolute atomic E-state index is 2.45. The molecule has 4 rings (SSSR count). The Morgan fingerprint density at radius 3 is 2.62 bits per heavy atom. The van der Waals surface area contributed by atoms with E-state index >= 15 is 0 Å². The fourth-order valence-electron chi connectivity index (χ4n) is 4.01. The molecule has 0 nitrogen and oxygen atoms in total. The zero-order valence-corrected chi connectivity index (χ0v) is 13.0. The molecule has 0 saturated carbocycles. The van der Waals surface area contributed by atoms with E-state index in [1.165, 1.54) is 52.8 Å². The van der Waals surface area contributed by atoms with E-state index in [4.69, 9.17) is 0 Å². The van der Waals surface area contributed by atoms with Crippen molar-refractivity contribution in [1.82, 2.24) is 0 Å². The van der Waals surface area contributed by atoms with Crippen LogP contribution in [0.2, 0.25) is 0 Å². The Kier molecular flexibility index (Phi) is 2.99. The summed E-state index contributed by atoms with van der Waals surface area (Å²) >= 11 is 0. The molecule has 1 aromatic carbocycles. The lowest BCUT2D eigenvalue weighted by atomic mass is 9.86. The molecule has 0 heteroatoms. The van der Waals surface area contributed by atoms with E-state index in [9.17, 15) is 0 Å². The zero-order valence-electron chi connectivity index (χ0n) is 13.0. The second-order valence-corrected chi connectivity index (χ2v) is 6.63. The molecule has 0 heterocycles. The molecule has 1 aromatic rings. The van der Waals surface area contributed by atoms with Crippen LogP contribution in [0.5, 0.6) is 0 Å². The Morgan fingerprint density at radius 1 is 1.00 bits per heavy atom. The van der Waals surface area contributed by atoms with Gasteiger partial charge in [0.15, 0.2) is 0 Å². The number of hydrogen-bond acceptors (Lipinski definition) is 0. The summed E-state index contributed by atoms with van der Waals surface area (Å²) in [6.07, 6.45) is 15.6. The summed E-state index contributed by atoms with van der Waals surface area (Å²) in [5, 5.41) is 2.89. The van der Waals surface area contributed by atoms with Crippen LogP contribution >= 0.6 is 0 Å². The molecular weight excluding hydrogens is 252 g/mol. The van der Waals surface area contributed by atoms with Crippen molar-refractivity contribution in [1.29, 1.82) is 0 Å². The van der Waals surface area contributed by atoms with Gasteiger partial charge in [-0.15, -0.1) is 0 Å². The van der Waals surface area contributed by atoms with Crippen LogP contribution in [0.15, 0.2) is 35.9 Å². The lowest BCUT2D eigenvalue weighted by Gasteiger charge is -2.18. The molecule has 3 aliphatic rings. The van der Waals surface area contributed by atoms with Gasteiger partial charge < -0.3 is 0 Å². The second-order valence-electron chi connectivity index (χ2n) is 6.63. The maximum atomic E-state index is 2.45. The molecular formula is C21H22. The molecule has 21 heavy (non-hydrogen) atoms. The molecule has 0 fully saturated rings. The molecule has 0 saturated heterocycles. The van der Waals surface area contributed by atoms with Gasteiger partial charge in [0.05, 0.1) is 0 Å². The topological polar surface area (TPSA) is 0 Å². The molecule has 3 aliphatic carbocycles. The highest BCUT2D eigenvalue weighted by Crippen LogP contribution is 2.38. The minimum absolute atomic E-state index is 1.08. The van der Waals surface area contributed by atoms with E-state index in [2.05, 4.69) is 50.3 Å². The number of hydrogen-bond donors (Lipinski definition) is 0. The van der Waals surface area contributed by atoms with Gasteiger partial charge >= 0.3 is 0 Å². The van der Waals surface area contributed by atoms with Crippen molar-refractivity contribution in [2.75, 3.05) is 0 Å². The van der Waals surface area contributed by atoms with Crippen LogP contribution < -0.4 is 10.4 Å². The van der Waals surface area contributed by atoms with E-state index in [0.29, 0.717) is 0 Å². The summed E-state index contributed by atoms with van der Waals surface area (Å²) in [7, 11) is 0. The van der Waals surface area contributed by atoms with Crippen LogP contribution in [0.1, 0.15) is 57.1 Å². The lowest BCUT2D eigenvalue weighted by Crippen LogP contribution is -2.20. The lowest BCUT2D eigenvalue weighted by molar-refractivity contribution is 0.731. The molecule has 0 spiro atoms. The van der Waals surface area contributed by atoms with E-state index in [-0.39, 0.29) is 0 Å². The maximum Gasteiger partial charge on any atom is -0.00676 e. The number of rotatable bonds is 1. The minimum Gasteiger partial charge on any atom is -0.0801 e. The predicted octanol–water partition coefficient (Wildman–Crippen LogP) is 4.34. The van der Waals surface area contributed by atoms with Gasteiger partial charge in [0, 0.05) is 0 Å². The van der Waals surface area contributed by atoms with E-state index in [1.54, 1.807) is 16.7 Å². The van der Waals surface area contributed by atoms with Gasteiger partial charge in [0.1, 0.15) is 0 Å². The summed E-state index contributed by atoms with van der Waals surface area (Å²) in [4.78, 5) is 0. The molecule has 0 bridgehead atoms. The minimum atomic E-state index is 1.08. The standard InChI is InChI=1S/C21H22/c1-14(2)18-12-11-17-13-16-9-5-6-10-19(16)21(17)20(18)15-7-3-4-8-15/h3-4,7,11-13H,5-6,8-10H2,1-2H3. The number of fused-ring (bicyclic) bond motifs is 2. The quantitative estimate of drug-likeness (QED) is 0.714.